The minimum absolute atomic E-state index is 0.0679. The summed E-state index contributed by atoms with van der Waals surface area (Å²) in [5.41, 5.74) is 0. The Morgan fingerprint density at radius 3 is 0.877 bits per heavy atom. The van der Waals surface area contributed by atoms with Gasteiger partial charge < -0.3 is 14.2 Å². The van der Waals surface area contributed by atoms with Crippen LogP contribution in [-0.2, 0) is 28.6 Å². The molecule has 0 aromatic carbocycles. The fourth-order valence-electron chi connectivity index (χ4n) is 7.44. The quantitative estimate of drug-likeness (QED) is 0.0264. The van der Waals surface area contributed by atoms with Gasteiger partial charge >= 0.3 is 17.9 Å². The molecule has 0 saturated heterocycles. The zero-order valence-electron chi connectivity index (χ0n) is 38.4. The maximum Gasteiger partial charge on any atom is 0.306 e. The van der Waals surface area contributed by atoms with E-state index in [-0.39, 0.29) is 31.1 Å². The Hall–Kier alpha value is -1.85. The lowest BCUT2D eigenvalue weighted by Crippen LogP contribution is -2.30. The van der Waals surface area contributed by atoms with Crippen molar-refractivity contribution in [3.05, 3.63) is 12.2 Å². The molecular weight excluding hydrogens is 709 g/mol. The van der Waals surface area contributed by atoms with Gasteiger partial charge in [0.15, 0.2) is 6.10 Å². The molecule has 0 amide bonds. The Kier molecular flexibility index (Phi) is 45.3. The Balaban J connectivity index is 4.18. The van der Waals surface area contributed by atoms with Crippen molar-refractivity contribution in [3.63, 3.8) is 0 Å². The van der Waals surface area contributed by atoms with Gasteiger partial charge in [-0.25, -0.2) is 0 Å². The van der Waals surface area contributed by atoms with E-state index < -0.39 is 6.10 Å². The van der Waals surface area contributed by atoms with Crippen molar-refractivity contribution >= 4 is 17.9 Å². The molecule has 0 radical (unpaired) electrons. The normalized spacial score (nSPS) is 12.0. The van der Waals surface area contributed by atoms with Crippen LogP contribution in [0.15, 0.2) is 12.2 Å². The Labute approximate surface area is 354 Å². The topological polar surface area (TPSA) is 78.9 Å². The van der Waals surface area contributed by atoms with Crippen LogP contribution in [0, 0.1) is 0 Å². The van der Waals surface area contributed by atoms with Crippen LogP contribution in [0.3, 0.4) is 0 Å². The van der Waals surface area contributed by atoms with Crippen molar-refractivity contribution in [1.29, 1.82) is 0 Å². The Bertz CT molecular complexity index is 885. The lowest BCUT2D eigenvalue weighted by molar-refractivity contribution is -0.167. The van der Waals surface area contributed by atoms with Crippen LogP contribution in [0.4, 0.5) is 0 Å². The summed E-state index contributed by atoms with van der Waals surface area (Å²) in [5, 5.41) is 0. The van der Waals surface area contributed by atoms with E-state index in [4.69, 9.17) is 14.2 Å². The van der Waals surface area contributed by atoms with Crippen LogP contribution < -0.4 is 0 Å². The minimum Gasteiger partial charge on any atom is -0.462 e. The second-order valence-electron chi connectivity index (χ2n) is 17.1. The summed E-state index contributed by atoms with van der Waals surface area (Å²) in [7, 11) is 0. The lowest BCUT2D eigenvalue weighted by Gasteiger charge is -2.18. The van der Waals surface area contributed by atoms with E-state index in [0.29, 0.717) is 19.3 Å². The monoisotopic (exact) mass is 805 g/mol. The largest absolute Gasteiger partial charge is 0.462 e. The smallest absolute Gasteiger partial charge is 0.306 e. The molecular formula is C51H96O6. The Morgan fingerprint density at radius 2 is 0.579 bits per heavy atom. The third-order valence-electron chi connectivity index (χ3n) is 11.3. The van der Waals surface area contributed by atoms with Crippen LogP contribution in [0.1, 0.15) is 278 Å². The summed E-state index contributed by atoms with van der Waals surface area (Å²) in [6.07, 6.45) is 50.7. The molecule has 0 rings (SSSR count). The molecule has 0 fully saturated rings. The molecule has 0 bridgehead atoms. The SMILES string of the molecule is CCCCCCCCC/C=C\CCCCCCCCCC(=O)OCC(COC(=O)CCCCCCCC)OC(=O)CCCCCCCCCCCCCCCCC. The molecule has 0 aromatic rings. The highest BCUT2D eigenvalue weighted by Crippen LogP contribution is 2.16. The average Bonchev–Trinajstić information content (AvgIpc) is 3.21. The number of hydrogen-bond donors (Lipinski definition) is 0. The molecule has 1 atom stereocenters. The number of esters is 3. The molecule has 0 saturated carbocycles. The lowest BCUT2D eigenvalue weighted by atomic mass is 10.0. The summed E-state index contributed by atoms with van der Waals surface area (Å²) in [4.78, 5) is 37.7. The maximum atomic E-state index is 12.7. The van der Waals surface area contributed by atoms with Gasteiger partial charge in [0.2, 0.25) is 0 Å². The molecule has 0 spiro atoms. The number of carbonyl (C=O) groups excluding carboxylic acids is 3. The van der Waals surface area contributed by atoms with E-state index in [1.54, 1.807) is 0 Å². The molecule has 1 unspecified atom stereocenters. The van der Waals surface area contributed by atoms with Crippen molar-refractivity contribution in [2.45, 2.75) is 284 Å². The Morgan fingerprint density at radius 1 is 0.333 bits per heavy atom. The summed E-state index contributed by atoms with van der Waals surface area (Å²) in [5.74, 6) is -0.868. The number of ether oxygens (including phenoxy) is 3. The molecule has 57 heavy (non-hydrogen) atoms. The number of hydrogen-bond acceptors (Lipinski definition) is 6. The van der Waals surface area contributed by atoms with Crippen LogP contribution in [-0.4, -0.2) is 37.2 Å². The van der Waals surface area contributed by atoms with Gasteiger partial charge in [-0.05, 0) is 44.9 Å². The third-order valence-corrected chi connectivity index (χ3v) is 11.3. The van der Waals surface area contributed by atoms with Crippen LogP contribution >= 0.6 is 0 Å². The van der Waals surface area contributed by atoms with E-state index in [1.807, 2.05) is 0 Å². The maximum absolute atomic E-state index is 12.7. The number of carbonyl (C=O) groups is 3. The zero-order chi connectivity index (χ0) is 41.5. The highest BCUT2D eigenvalue weighted by Gasteiger charge is 2.19. The molecule has 6 heteroatoms. The first-order chi connectivity index (χ1) is 28.0. The van der Waals surface area contributed by atoms with Gasteiger partial charge in [-0.2, -0.15) is 0 Å². The van der Waals surface area contributed by atoms with Gasteiger partial charge in [0, 0.05) is 19.3 Å². The first kappa shape index (κ1) is 55.2. The van der Waals surface area contributed by atoms with Crippen molar-refractivity contribution in [2.75, 3.05) is 13.2 Å². The predicted octanol–water partition coefficient (Wildman–Crippen LogP) is 16.2. The second-order valence-corrected chi connectivity index (χ2v) is 17.1. The molecule has 336 valence electrons. The van der Waals surface area contributed by atoms with Gasteiger partial charge in [0.05, 0.1) is 0 Å². The van der Waals surface area contributed by atoms with E-state index in [0.717, 1.165) is 57.8 Å². The van der Waals surface area contributed by atoms with Gasteiger partial charge in [0.25, 0.3) is 0 Å². The zero-order valence-corrected chi connectivity index (χ0v) is 38.4. The van der Waals surface area contributed by atoms with Crippen molar-refractivity contribution < 1.29 is 28.6 Å². The molecule has 0 aliphatic heterocycles. The van der Waals surface area contributed by atoms with Gasteiger partial charge in [-0.3, -0.25) is 14.4 Å². The summed E-state index contributed by atoms with van der Waals surface area (Å²) in [6.45, 7) is 6.60. The van der Waals surface area contributed by atoms with Crippen LogP contribution in [0.5, 0.6) is 0 Å². The van der Waals surface area contributed by atoms with Gasteiger partial charge in [-0.1, -0.05) is 226 Å². The number of rotatable bonds is 46. The molecule has 0 aliphatic carbocycles. The second kappa shape index (κ2) is 46.8. The van der Waals surface area contributed by atoms with Crippen molar-refractivity contribution in [1.82, 2.24) is 0 Å². The highest BCUT2D eigenvalue weighted by molar-refractivity contribution is 5.71. The first-order valence-electron chi connectivity index (χ1n) is 25.2. The molecule has 6 nitrogen and oxygen atoms in total. The molecule has 0 aliphatic rings. The van der Waals surface area contributed by atoms with Gasteiger partial charge in [0.1, 0.15) is 13.2 Å². The summed E-state index contributed by atoms with van der Waals surface area (Å²) in [6, 6.07) is 0. The van der Waals surface area contributed by atoms with Gasteiger partial charge in [-0.15, -0.1) is 0 Å². The van der Waals surface area contributed by atoms with Crippen molar-refractivity contribution in [3.8, 4) is 0 Å². The summed E-state index contributed by atoms with van der Waals surface area (Å²) >= 11 is 0. The predicted molar refractivity (Wildman–Crippen MR) is 243 cm³/mol. The molecule has 0 aromatic heterocycles. The van der Waals surface area contributed by atoms with E-state index in [2.05, 4.69) is 32.9 Å². The fraction of sp³-hybridized carbons (Fsp3) is 0.902. The third kappa shape index (κ3) is 45.1. The highest BCUT2D eigenvalue weighted by atomic mass is 16.6. The minimum atomic E-state index is -0.763. The molecule has 0 heterocycles. The van der Waals surface area contributed by atoms with E-state index >= 15 is 0 Å². The molecule has 0 N–H and O–H groups in total. The summed E-state index contributed by atoms with van der Waals surface area (Å²) < 4.78 is 16.7. The fourth-order valence-corrected chi connectivity index (χ4v) is 7.44. The van der Waals surface area contributed by atoms with Crippen LogP contribution in [0.25, 0.3) is 0 Å². The first-order valence-corrected chi connectivity index (χ1v) is 25.2. The van der Waals surface area contributed by atoms with E-state index in [9.17, 15) is 14.4 Å². The number of unbranched alkanes of at least 4 members (excludes halogenated alkanes) is 33. The number of allylic oxidation sites excluding steroid dienone is 2. The standard InChI is InChI=1S/C51H96O6/c1-4-7-10-13-16-18-20-22-24-25-26-28-29-31-33-35-38-41-44-50(53)56-47-48(46-55-49(52)43-40-37-15-12-9-6-3)57-51(54)45-42-39-36-34-32-30-27-23-21-19-17-14-11-8-5-2/h24-25,48H,4-23,26-47H2,1-3H3/b25-24-. The van der Waals surface area contributed by atoms with Crippen molar-refractivity contribution in [2.24, 2.45) is 0 Å². The van der Waals surface area contributed by atoms with Crippen LogP contribution in [0.2, 0.25) is 0 Å². The average molecular weight is 805 g/mol. The van der Waals surface area contributed by atoms with E-state index in [1.165, 1.54) is 180 Å².